The summed E-state index contributed by atoms with van der Waals surface area (Å²) in [6.07, 6.45) is 8.49. The first kappa shape index (κ1) is 13.3. The van der Waals surface area contributed by atoms with E-state index in [1.54, 1.807) is 23.5 Å². The molecule has 0 amide bonds. The standard InChI is InChI=1S/C16H16S2/c1-17-15-9-5-13(6-10-15)3-4-14-7-11-16(18-2)12-8-14/h3-12H,1-2H3/b4-3-. The second-order valence-corrected chi connectivity index (χ2v) is 5.64. The monoisotopic (exact) mass is 272 g/mol. The van der Waals surface area contributed by atoms with E-state index < -0.39 is 0 Å². The lowest BCUT2D eigenvalue weighted by Gasteiger charge is -1.98. The number of rotatable bonds is 4. The Kier molecular flexibility index (Phi) is 4.97. The average Bonchev–Trinajstić information content (AvgIpc) is 2.46. The van der Waals surface area contributed by atoms with Crippen LogP contribution in [0.2, 0.25) is 0 Å². The van der Waals surface area contributed by atoms with Gasteiger partial charge >= 0.3 is 0 Å². The zero-order valence-corrected chi connectivity index (χ0v) is 12.2. The maximum Gasteiger partial charge on any atom is 0.00695 e. The van der Waals surface area contributed by atoms with Crippen LogP contribution in [-0.2, 0) is 0 Å². The Morgan fingerprint density at radius 1 is 0.611 bits per heavy atom. The summed E-state index contributed by atoms with van der Waals surface area (Å²) in [5.74, 6) is 0. The van der Waals surface area contributed by atoms with Crippen molar-refractivity contribution in [3.63, 3.8) is 0 Å². The first-order valence-electron chi connectivity index (χ1n) is 5.78. The fourth-order valence-corrected chi connectivity index (χ4v) is 2.44. The van der Waals surface area contributed by atoms with Gasteiger partial charge in [-0.1, -0.05) is 36.4 Å². The number of thioether (sulfide) groups is 2. The molecule has 0 aliphatic rings. The van der Waals surface area contributed by atoms with E-state index in [0.29, 0.717) is 0 Å². The van der Waals surface area contributed by atoms with Crippen molar-refractivity contribution in [3.05, 3.63) is 59.7 Å². The van der Waals surface area contributed by atoms with Crippen LogP contribution in [0.5, 0.6) is 0 Å². The average molecular weight is 272 g/mol. The Labute approximate surface area is 118 Å². The zero-order valence-electron chi connectivity index (χ0n) is 10.6. The number of benzene rings is 2. The molecule has 0 aliphatic carbocycles. The molecule has 0 radical (unpaired) electrons. The SMILES string of the molecule is CSc1ccc(/C=C\c2ccc(SC)cc2)cc1. The van der Waals surface area contributed by atoms with E-state index >= 15 is 0 Å². The third-order valence-corrected chi connectivity index (χ3v) is 4.19. The van der Waals surface area contributed by atoms with Crippen LogP contribution in [0.1, 0.15) is 11.1 Å². The van der Waals surface area contributed by atoms with Crippen molar-refractivity contribution in [1.29, 1.82) is 0 Å². The summed E-state index contributed by atoms with van der Waals surface area (Å²) in [4.78, 5) is 2.60. The van der Waals surface area contributed by atoms with Gasteiger partial charge in [0.05, 0.1) is 0 Å². The van der Waals surface area contributed by atoms with Crippen LogP contribution in [-0.4, -0.2) is 12.5 Å². The first-order chi connectivity index (χ1) is 8.81. The Morgan fingerprint density at radius 2 is 0.944 bits per heavy atom. The summed E-state index contributed by atoms with van der Waals surface area (Å²) in [6, 6.07) is 17.2. The summed E-state index contributed by atoms with van der Waals surface area (Å²) in [7, 11) is 0. The number of hydrogen-bond acceptors (Lipinski definition) is 2. The Hall–Kier alpha value is -1.12. The van der Waals surface area contributed by atoms with Gasteiger partial charge in [0.2, 0.25) is 0 Å². The molecular formula is C16H16S2. The third-order valence-electron chi connectivity index (χ3n) is 2.70. The van der Waals surface area contributed by atoms with Crippen LogP contribution in [0.25, 0.3) is 12.2 Å². The molecule has 0 N–H and O–H groups in total. The molecular weight excluding hydrogens is 256 g/mol. The highest BCUT2D eigenvalue weighted by Crippen LogP contribution is 2.18. The molecule has 0 aromatic heterocycles. The Balaban J connectivity index is 2.08. The minimum Gasteiger partial charge on any atom is -0.130 e. The predicted molar refractivity (Wildman–Crippen MR) is 85.4 cm³/mol. The van der Waals surface area contributed by atoms with Gasteiger partial charge in [-0.05, 0) is 47.9 Å². The second-order valence-electron chi connectivity index (χ2n) is 3.88. The van der Waals surface area contributed by atoms with Crippen LogP contribution in [0.15, 0.2) is 58.3 Å². The summed E-state index contributed by atoms with van der Waals surface area (Å²) >= 11 is 3.54. The van der Waals surface area contributed by atoms with Crippen LogP contribution < -0.4 is 0 Å². The van der Waals surface area contributed by atoms with Crippen molar-refractivity contribution in [3.8, 4) is 0 Å². The molecule has 2 aromatic rings. The molecule has 2 rings (SSSR count). The van der Waals surface area contributed by atoms with Gasteiger partial charge in [-0.3, -0.25) is 0 Å². The molecule has 2 aromatic carbocycles. The van der Waals surface area contributed by atoms with E-state index in [1.807, 2.05) is 0 Å². The molecule has 0 heterocycles. The van der Waals surface area contributed by atoms with E-state index in [4.69, 9.17) is 0 Å². The van der Waals surface area contributed by atoms with E-state index in [-0.39, 0.29) is 0 Å². The van der Waals surface area contributed by atoms with Gasteiger partial charge in [0.1, 0.15) is 0 Å². The zero-order chi connectivity index (χ0) is 12.8. The van der Waals surface area contributed by atoms with Crippen LogP contribution >= 0.6 is 23.5 Å². The fraction of sp³-hybridized carbons (Fsp3) is 0.125. The molecule has 0 atom stereocenters. The van der Waals surface area contributed by atoms with Gasteiger partial charge in [0, 0.05) is 9.79 Å². The molecule has 0 bridgehead atoms. The Bertz CT molecular complexity index is 460. The lowest BCUT2D eigenvalue weighted by molar-refractivity contribution is 1.45. The maximum absolute atomic E-state index is 2.15. The van der Waals surface area contributed by atoms with Gasteiger partial charge < -0.3 is 0 Å². The normalized spacial score (nSPS) is 11.0. The summed E-state index contributed by atoms with van der Waals surface area (Å²) < 4.78 is 0. The smallest absolute Gasteiger partial charge is 0.00695 e. The molecule has 0 nitrogen and oxygen atoms in total. The van der Waals surface area contributed by atoms with Crippen molar-refractivity contribution in [2.75, 3.05) is 12.5 Å². The third kappa shape index (κ3) is 3.69. The van der Waals surface area contributed by atoms with Crippen LogP contribution in [0, 0.1) is 0 Å². The van der Waals surface area contributed by atoms with Crippen molar-refractivity contribution in [1.82, 2.24) is 0 Å². The van der Waals surface area contributed by atoms with E-state index in [1.165, 1.54) is 20.9 Å². The quantitative estimate of drug-likeness (QED) is 0.547. The van der Waals surface area contributed by atoms with Crippen LogP contribution in [0.4, 0.5) is 0 Å². The minimum atomic E-state index is 1.24. The molecule has 0 saturated carbocycles. The second kappa shape index (κ2) is 6.72. The largest absolute Gasteiger partial charge is 0.130 e. The molecule has 18 heavy (non-hydrogen) atoms. The topological polar surface area (TPSA) is 0 Å². The molecule has 0 aliphatic heterocycles. The minimum absolute atomic E-state index is 1.24. The van der Waals surface area contributed by atoms with Gasteiger partial charge in [-0.15, -0.1) is 23.5 Å². The van der Waals surface area contributed by atoms with Gasteiger partial charge in [-0.25, -0.2) is 0 Å². The maximum atomic E-state index is 2.15. The summed E-state index contributed by atoms with van der Waals surface area (Å²) in [5, 5.41) is 0. The Morgan fingerprint density at radius 3 is 1.22 bits per heavy atom. The van der Waals surface area contributed by atoms with Crippen molar-refractivity contribution in [2.45, 2.75) is 9.79 Å². The molecule has 0 saturated heterocycles. The highest BCUT2D eigenvalue weighted by Gasteiger charge is 1.91. The van der Waals surface area contributed by atoms with Crippen LogP contribution in [0.3, 0.4) is 0 Å². The van der Waals surface area contributed by atoms with Crippen molar-refractivity contribution >= 4 is 35.7 Å². The van der Waals surface area contributed by atoms with E-state index in [0.717, 1.165) is 0 Å². The first-order valence-corrected chi connectivity index (χ1v) is 8.23. The van der Waals surface area contributed by atoms with Gasteiger partial charge in [-0.2, -0.15) is 0 Å². The highest BCUT2D eigenvalue weighted by atomic mass is 32.2. The molecule has 2 heteroatoms. The van der Waals surface area contributed by atoms with E-state index in [9.17, 15) is 0 Å². The lowest BCUT2D eigenvalue weighted by Crippen LogP contribution is -1.75. The summed E-state index contributed by atoms with van der Waals surface area (Å²) in [5.41, 5.74) is 2.48. The lowest BCUT2D eigenvalue weighted by atomic mass is 10.1. The van der Waals surface area contributed by atoms with Gasteiger partial charge in [0.25, 0.3) is 0 Å². The fourth-order valence-electron chi connectivity index (χ4n) is 1.62. The van der Waals surface area contributed by atoms with E-state index in [2.05, 4.69) is 73.2 Å². The molecule has 92 valence electrons. The molecule has 0 spiro atoms. The van der Waals surface area contributed by atoms with Crippen molar-refractivity contribution in [2.24, 2.45) is 0 Å². The van der Waals surface area contributed by atoms with Gasteiger partial charge in [0.15, 0.2) is 0 Å². The predicted octanol–water partition coefficient (Wildman–Crippen LogP) is 5.30. The van der Waals surface area contributed by atoms with Crippen molar-refractivity contribution < 1.29 is 0 Å². The molecule has 0 unspecified atom stereocenters. The highest BCUT2D eigenvalue weighted by molar-refractivity contribution is 7.98. The number of hydrogen-bond donors (Lipinski definition) is 0. The molecule has 0 fully saturated rings. The summed E-state index contributed by atoms with van der Waals surface area (Å²) in [6.45, 7) is 0.